The van der Waals surface area contributed by atoms with Crippen LogP contribution in [0.3, 0.4) is 0 Å². The minimum Gasteiger partial charge on any atom is -0.508 e. The van der Waals surface area contributed by atoms with Crippen LogP contribution in [0.25, 0.3) is 10.9 Å². The molecule has 1 aliphatic carbocycles. The van der Waals surface area contributed by atoms with Gasteiger partial charge in [-0.2, -0.15) is 0 Å². The molecule has 1 saturated carbocycles. The molecule has 12 nitrogen and oxygen atoms in total. The lowest BCUT2D eigenvalue weighted by Crippen LogP contribution is -2.70. The number of rotatable bonds is 8. The third kappa shape index (κ3) is 5.04. The van der Waals surface area contributed by atoms with Crippen LogP contribution in [0.4, 0.5) is 0 Å². The molecule has 0 radical (unpaired) electrons. The first-order chi connectivity index (χ1) is 20.0. The Morgan fingerprint density at radius 1 is 1.14 bits per heavy atom. The zero-order valence-electron chi connectivity index (χ0n) is 24.0. The van der Waals surface area contributed by atoms with Crippen molar-refractivity contribution < 1.29 is 48.6 Å². The Labute approximate surface area is 242 Å². The van der Waals surface area contributed by atoms with E-state index < -0.39 is 47.9 Å². The molecule has 12 heteroatoms. The Balaban J connectivity index is 1.07. The number of carboxylic acids is 1. The molecule has 4 N–H and O–H groups in total. The average Bonchev–Trinajstić information content (AvgIpc) is 3.19. The third-order valence-corrected chi connectivity index (χ3v) is 9.71. The van der Waals surface area contributed by atoms with E-state index in [0.29, 0.717) is 23.3 Å². The van der Waals surface area contributed by atoms with E-state index in [9.17, 15) is 24.6 Å². The molecule has 9 atom stereocenters. The number of carbonyl (C=O) groups excluding carboxylic acids is 2. The van der Waals surface area contributed by atoms with Crippen molar-refractivity contribution in [2.75, 3.05) is 0 Å². The lowest BCUT2D eigenvalue weighted by molar-refractivity contribution is -0.576. The molecule has 1 aromatic carbocycles. The number of hydrogen-bond donors (Lipinski definition) is 4. The molecule has 5 fully saturated rings. The molecule has 4 aliphatic heterocycles. The minimum absolute atomic E-state index is 0.00273. The second-order valence-corrected chi connectivity index (χ2v) is 12.5. The van der Waals surface area contributed by atoms with Gasteiger partial charge in [0.05, 0.1) is 6.42 Å². The lowest BCUT2D eigenvalue weighted by atomic mass is 9.58. The van der Waals surface area contributed by atoms with Crippen LogP contribution in [-0.4, -0.2) is 63.1 Å². The van der Waals surface area contributed by atoms with Gasteiger partial charge in [0.15, 0.2) is 11.9 Å². The Morgan fingerprint density at radius 2 is 1.95 bits per heavy atom. The number of esters is 1. The number of carbonyl (C=O) groups is 3. The Kier molecular flexibility index (Phi) is 7.45. The first kappa shape index (κ1) is 28.9. The topological polar surface area (TPSA) is 166 Å². The number of benzene rings is 1. The quantitative estimate of drug-likeness (QED) is 0.266. The van der Waals surface area contributed by atoms with Gasteiger partial charge in [-0.15, -0.1) is 0 Å². The molecule has 4 saturated heterocycles. The van der Waals surface area contributed by atoms with E-state index in [0.717, 1.165) is 24.8 Å². The fourth-order valence-corrected chi connectivity index (χ4v) is 7.43. The molecule has 2 bridgehead atoms. The Morgan fingerprint density at radius 3 is 2.74 bits per heavy atom. The maximum atomic E-state index is 12.9. The van der Waals surface area contributed by atoms with Crippen molar-refractivity contribution in [3.8, 4) is 5.75 Å². The summed E-state index contributed by atoms with van der Waals surface area (Å²) in [6, 6.07) is 3.52. The maximum absolute atomic E-state index is 12.9. The molecular formula is C30H38N2O10. The number of phenolic OH excluding ortho intramolecular Hbond substituents is 1. The third-order valence-electron chi connectivity index (χ3n) is 9.71. The highest BCUT2D eigenvalue weighted by atomic mass is 17.3. The molecule has 5 heterocycles. The van der Waals surface area contributed by atoms with Crippen molar-refractivity contribution in [2.24, 2.45) is 23.7 Å². The first-order valence-electron chi connectivity index (χ1n) is 14.7. The molecule has 42 heavy (non-hydrogen) atoms. The number of aromatic amines is 1. The minimum atomic E-state index is -1.22. The smallest absolute Gasteiger partial charge is 0.326 e. The van der Waals surface area contributed by atoms with Crippen LogP contribution >= 0.6 is 0 Å². The van der Waals surface area contributed by atoms with Gasteiger partial charge in [-0.3, -0.25) is 9.59 Å². The van der Waals surface area contributed by atoms with E-state index >= 15 is 0 Å². The zero-order chi connectivity index (χ0) is 29.8. The van der Waals surface area contributed by atoms with Gasteiger partial charge in [-0.05, 0) is 61.8 Å². The second-order valence-electron chi connectivity index (χ2n) is 12.5. The Bertz CT molecular complexity index is 1380. The van der Waals surface area contributed by atoms with Crippen LogP contribution in [0.5, 0.6) is 5.75 Å². The summed E-state index contributed by atoms with van der Waals surface area (Å²) in [5.74, 6) is -2.94. The molecular weight excluding hydrogens is 548 g/mol. The number of aromatic nitrogens is 1. The summed E-state index contributed by atoms with van der Waals surface area (Å²) in [7, 11) is 0. The summed E-state index contributed by atoms with van der Waals surface area (Å²) in [5, 5.41) is 22.7. The molecule has 1 spiro atoms. The van der Waals surface area contributed by atoms with Crippen molar-refractivity contribution >= 4 is 28.7 Å². The predicted molar refractivity (Wildman–Crippen MR) is 145 cm³/mol. The molecule has 2 aromatic rings. The molecule has 1 amide bonds. The van der Waals surface area contributed by atoms with Crippen LogP contribution < -0.4 is 5.32 Å². The van der Waals surface area contributed by atoms with Crippen LogP contribution in [0, 0.1) is 23.7 Å². The number of phenols is 1. The summed E-state index contributed by atoms with van der Waals surface area (Å²) >= 11 is 0. The van der Waals surface area contributed by atoms with Crippen molar-refractivity contribution in [3.05, 3.63) is 30.0 Å². The molecule has 7 rings (SSSR count). The van der Waals surface area contributed by atoms with Crippen LogP contribution in [0.2, 0.25) is 0 Å². The van der Waals surface area contributed by atoms with Crippen LogP contribution in [0.15, 0.2) is 24.4 Å². The SMILES string of the molecule is CC1CCC2C(C)C(OC(=O)CCC(=O)NC(Cc3c[nH]c4ccc(O)cc34)C(=O)O)OC3OC4(C)CCC1C32OO4. The van der Waals surface area contributed by atoms with Crippen molar-refractivity contribution in [1.82, 2.24) is 10.3 Å². The van der Waals surface area contributed by atoms with Crippen molar-refractivity contribution in [3.63, 3.8) is 0 Å². The fourth-order valence-electron chi connectivity index (χ4n) is 7.43. The van der Waals surface area contributed by atoms with E-state index in [1.807, 2.05) is 13.8 Å². The molecule has 5 aliphatic rings. The van der Waals surface area contributed by atoms with Gasteiger partial charge in [0.1, 0.15) is 11.8 Å². The highest BCUT2D eigenvalue weighted by molar-refractivity contribution is 5.88. The van der Waals surface area contributed by atoms with E-state index in [1.54, 1.807) is 12.3 Å². The van der Waals surface area contributed by atoms with Gasteiger partial charge in [-0.25, -0.2) is 14.6 Å². The highest BCUT2D eigenvalue weighted by Gasteiger charge is 2.69. The van der Waals surface area contributed by atoms with E-state index in [1.165, 1.54) is 12.1 Å². The number of nitrogens with one attached hydrogen (secondary N) is 2. The van der Waals surface area contributed by atoms with E-state index in [-0.39, 0.29) is 42.8 Å². The molecule has 228 valence electrons. The average molecular weight is 587 g/mol. The summed E-state index contributed by atoms with van der Waals surface area (Å²) < 4.78 is 18.3. The number of H-pyrrole nitrogens is 1. The molecule has 1 aromatic heterocycles. The largest absolute Gasteiger partial charge is 0.508 e. The summed E-state index contributed by atoms with van der Waals surface area (Å²) in [6.07, 6.45) is 2.94. The number of carboxylic acid groups (broad SMARTS) is 1. The number of aliphatic carboxylic acids is 1. The normalized spacial score (nSPS) is 36.1. The summed E-state index contributed by atoms with van der Waals surface area (Å²) in [4.78, 5) is 52.4. The first-order valence-corrected chi connectivity index (χ1v) is 14.7. The van der Waals surface area contributed by atoms with E-state index in [2.05, 4.69) is 17.2 Å². The van der Waals surface area contributed by atoms with Gasteiger partial charge >= 0.3 is 11.9 Å². The van der Waals surface area contributed by atoms with Gasteiger partial charge in [0, 0.05) is 48.2 Å². The maximum Gasteiger partial charge on any atom is 0.326 e. The Hall–Kier alpha value is -3.19. The van der Waals surface area contributed by atoms with Crippen LogP contribution in [0.1, 0.15) is 64.9 Å². The summed E-state index contributed by atoms with van der Waals surface area (Å²) in [5.41, 5.74) is 0.594. The highest BCUT2D eigenvalue weighted by Crippen LogP contribution is 2.60. The number of aromatic hydroxyl groups is 1. The predicted octanol–water partition coefficient (Wildman–Crippen LogP) is 3.52. The number of hydrogen-bond acceptors (Lipinski definition) is 9. The molecule has 9 unspecified atom stereocenters. The van der Waals surface area contributed by atoms with Gasteiger partial charge < -0.3 is 34.7 Å². The zero-order valence-corrected chi connectivity index (χ0v) is 24.0. The second kappa shape index (κ2) is 10.8. The standard InChI is InChI=1S/C30H38N2O10/c1-15-4-6-21-16(2)27(39-28-30(21)20(15)10-11-29(3,40-28)41-42-30)38-25(35)9-8-24(34)32-23(26(36)37)12-17-14-31-22-7-5-18(33)13-19(17)22/h5,7,13-16,20-21,23,27-28,31,33H,4,6,8-12H2,1-3H3,(H,32,34)(H,36,37). The fraction of sp³-hybridized carbons (Fsp3) is 0.633. The number of fused-ring (bicyclic) bond motifs is 3. The monoisotopic (exact) mass is 586 g/mol. The summed E-state index contributed by atoms with van der Waals surface area (Å²) in [6.45, 7) is 6.01. The van der Waals surface area contributed by atoms with Gasteiger partial charge in [0.25, 0.3) is 0 Å². The number of ether oxygens (including phenoxy) is 3. The number of amides is 1. The lowest BCUT2D eigenvalue weighted by Gasteiger charge is -2.59. The van der Waals surface area contributed by atoms with Gasteiger partial charge in [0.2, 0.25) is 18.0 Å². The van der Waals surface area contributed by atoms with Crippen molar-refractivity contribution in [2.45, 2.75) is 95.7 Å². The van der Waals surface area contributed by atoms with Gasteiger partial charge in [-0.1, -0.05) is 13.8 Å². The van der Waals surface area contributed by atoms with Crippen molar-refractivity contribution in [1.29, 1.82) is 0 Å². The van der Waals surface area contributed by atoms with Crippen LogP contribution in [-0.2, 0) is 44.8 Å². The van der Waals surface area contributed by atoms with E-state index in [4.69, 9.17) is 24.0 Å².